The van der Waals surface area contributed by atoms with Crippen LogP contribution in [0.2, 0.25) is 0 Å². The van der Waals surface area contributed by atoms with E-state index in [1.165, 1.54) is 0 Å². The third-order valence-corrected chi connectivity index (χ3v) is 2.00. The highest BCUT2D eigenvalue weighted by atomic mass is 16.3. The van der Waals surface area contributed by atoms with Gasteiger partial charge in [-0.2, -0.15) is 0 Å². The maximum atomic E-state index is 8.93. The number of benzene rings is 1. The minimum absolute atomic E-state index is 0.271. The third kappa shape index (κ3) is 2.96. The molecular weight excluding hydrogens is 178 g/mol. The molecule has 0 heterocycles. The van der Waals surface area contributed by atoms with Crippen LogP contribution in [0, 0.1) is 0 Å². The lowest BCUT2D eigenvalue weighted by molar-refractivity contribution is 0.152. The number of aliphatic hydroxyl groups is 2. The second-order valence-electron chi connectivity index (χ2n) is 3.29. The fourth-order valence-electron chi connectivity index (χ4n) is 0.982. The van der Waals surface area contributed by atoms with Crippen LogP contribution >= 0.6 is 0 Å². The van der Waals surface area contributed by atoms with Crippen molar-refractivity contribution in [2.24, 2.45) is 5.73 Å². The van der Waals surface area contributed by atoms with E-state index < -0.39 is 5.54 Å². The molecule has 0 aromatic heterocycles. The van der Waals surface area contributed by atoms with Crippen LogP contribution in [0.25, 0.3) is 6.08 Å². The molecule has 0 aliphatic heterocycles. The minimum atomic E-state index is -1.03. The maximum Gasteiger partial charge on any atom is 0.0811 e. The topological polar surface area (TPSA) is 66.5 Å². The Morgan fingerprint density at radius 3 is 2.21 bits per heavy atom. The summed E-state index contributed by atoms with van der Waals surface area (Å²) in [5.74, 6) is 0. The summed E-state index contributed by atoms with van der Waals surface area (Å²) in [5, 5.41) is 17.9. The minimum Gasteiger partial charge on any atom is -0.394 e. The zero-order valence-electron chi connectivity index (χ0n) is 7.93. The average molecular weight is 193 g/mol. The van der Waals surface area contributed by atoms with Crippen molar-refractivity contribution in [2.45, 2.75) is 5.54 Å². The molecule has 0 fully saturated rings. The molecule has 0 aliphatic carbocycles. The van der Waals surface area contributed by atoms with E-state index in [1.807, 2.05) is 30.3 Å². The molecule has 1 rings (SSSR count). The summed E-state index contributed by atoms with van der Waals surface area (Å²) in [6, 6.07) is 9.59. The van der Waals surface area contributed by atoms with Gasteiger partial charge in [-0.3, -0.25) is 0 Å². The first kappa shape index (κ1) is 10.9. The van der Waals surface area contributed by atoms with E-state index >= 15 is 0 Å². The van der Waals surface area contributed by atoms with Crippen LogP contribution in [0.1, 0.15) is 5.56 Å². The van der Waals surface area contributed by atoms with E-state index in [-0.39, 0.29) is 13.2 Å². The van der Waals surface area contributed by atoms with Crippen LogP contribution in [-0.4, -0.2) is 29.0 Å². The summed E-state index contributed by atoms with van der Waals surface area (Å²) in [5.41, 5.74) is 5.62. The Morgan fingerprint density at radius 2 is 1.71 bits per heavy atom. The van der Waals surface area contributed by atoms with Crippen LogP contribution in [0.3, 0.4) is 0 Å². The molecule has 0 unspecified atom stereocenters. The molecule has 0 atom stereocenters. The van der Waals surface area contributed by atoms with Crippen molar-refractivity contribution in [3.63, 3.8) is 0 Å². The molecule has 1 aromatic carbocycles. The van der Waals surface area contributed by atoms with Crippen LogP contribution in [0.4, 0.5) is 0 Å². The van der Waals surface area contributed by atoms with Crippen LogP contribution in [-0.2, 0) is 0 Å². The number of rotatable bonds is 4. The zero-order valence-corrected chi connectivity index (χ0v) is 7.93. The smallest absolute Gasteiger partial charge is 0.0811 e. The molecule has 3 heteroatoms. The fraction of sp³-hybridized carbons (Fsp3) is 0.273. The molecule has 0 radical (unpaired) electrons. The first-order valence-electron chi connectivity index (χ1n) is 4.45. The Balaban J connectivity index is 2.72. The van der Waals surface area contributed by atoms with Crippen molar-refractivity contribution >= 4 is 6.08 Å². The molecular formula is C11H15NO2. The van der Waals surface area contributed by atoms with Crippen molar-refractivity contribution in [1.82, 2.24) is 0 Å². The van der Waals surface area contributed by atoms with Gasteiger partial charge in [0, 0.05) is 0 Å². The van der Waals surface area contributed by atoms with Crippen LogP contribution in [0.15, 0.2) is 36.4 Å². The molecule has 4 N–H and O–H groups in total. The Bertz CT molecular complexity index is 291. The van der Waals surface area contributed by atoms with Gasteiger partial charge in [0.15, 0.2) is 0 Å². The molecule has 0 bridgehead atoms. The van der Waals surface area contributed by atoms with E-state index in [0.717, 1.165) is 5.56 Å². The van der Waals surface area contributed by atoms with E-state index in [9.17, 15) is 0 Å². The van der Waals surface area contributed by atoms with E-state index in [0.29, 0.717) is 0 Å². The highest BCUT2D eigenvalue weighted by Gasteiger charge is 2.18. The van der Waals surface area contributed by atoms with Crippen molar-refractivity contribution in [1.29, 1.82) is 0 Å². The number of hydrogen-bond acceptors (Lipinski definition) is 3. The first-order valence-corrected chi connectivity index (χ1v) is 4.45. The summed E-state index contributed by atoms with van der Waals surface area (Å²) >= 11 is 0. The molecule has 76 valence electrons. The van der Waals surface area contributed by atoms with Gasteiger partial charge in [0.05, 0.1) is 18.8 Å². The molecule has 14 heavy (non-hydrogen) atoms. The molecule has 0 amide bonds. The van der Waals surface area contributed by atoms with Crippen molar-refractivity contribution in [3.8, 4) is 0 Å². The quantitative estimate of drug-likeness (QED) is 0.647. The molecule has 0 saturated heterocycles. The van der Waals surface area contributed by atoms with Crippen molar-refractivity contribution in [3.05, 3.63) is 42.0 Å². The largest absolute Gasteiger partial charge is 0.394 e. The predicted octanol–water partition coefficient (Wildman–Crippen LogP) is 0.382. The molecule has 3 nitrogen and oxygen atoms in total. The van der Waals surface area contributed by atoms with Crippen molar-refractivity contribution < 1.29 is 10.2 Å². The van der Waals surface area contributed by atoms with Crippen LogP contribution < -0.4 is 5.73 Å². The summed E-state index contributed by atoms with van der Waals surface area (Å²) in [7, 11) is 0. The summed E-state index contributed by atoms with van der Waals surface area (Å²) in [4.78, 5) is 0. The van der Waals surface area contributed by atoms with Gasteiger partial charge in [-0.1, -0.05) is 42.5 Å². The number of nitrogens with two attached hydrogens (primary N) is 1. The monoisotopic (exact) mass is 193 g/mol. The van der Waals surface area contributed by atoms with Crippen molar-refractivity contribution in [2.75, 3.05) is 13.2 Å². The lowest BCUT2D eigenvalue weighted by Gasteiger charge is -2.19. The second kappa shape index (κ2) is 4.91. The number of aliphatic hydroxyl groups excluding tert-OH is 2. The highest BCUT2D eigenvalue weighted by Crippen LogP contribution is 2.06. The zero-order chi connectivity index (χ0) is 10.4. The normalized spacial score (nSPS) is 12.2. The van der Waals surface area contributed by atoms with E-state index in [4.69, 9.17) is 15.9 Å². The highest BCUT2D eigenvalue weighted by molar-refractivity contribution is 5.50. The van der Waals surface area contributed by atoms with Gasteiger partial charge in [0.2, 0.25) is 0 Å². The molecule has 0 spiro atoms. The maximum absolute atomic E-state index is 8.93. The summed E-state index contributed by atoms with van der Waals surface area (Å²) in [6.07, 6.45) is 3.40. The van der Waals surface area contributed by atoms with Gasteiger partial charge in [-0.25, -0.2) is 0 Å². The SMILES string of the molecule is NC(C=Cc1ccccc1)(CO)CO. The van der Waals surface area contributed by atoms with Gasteiger partial charge >= 0.3 is 0 Å². The van der Waals surface area contributed by atoms with Gasteiger partial charge in [-0.05, 0) is 5.56 Å². The Labute approximate surface area is 83.5 Å². The fourth-order valence-corrected chi connectivity index (χ4v) is 0.982. The third-order valence-electron chi connectivity index (χ3n) is 2.00. The summed E-state index contributed by atoms with van der Waals surface area (Å²) in [6.45, 7) is -0.542. The van der Waals surface area contributed by atoms with Gasteiger partial charge < -0.3 is 15.9 Å². The predicted molar refractivity (Wildman–Crippen MR) is 56.6 cm³/mol. The lowest BCUT2D eigenvalue weighted by atomic mass is 10.0. The summed E-state index contributed by atoms with van der Waals surface area (Å²) < 4.78 is 0. The average Bonchev–Trinajstić information content (AvgIpc) is 2.27. The lowest BCUT2D eigenvalue weighted by Crippen LogP contribution is -2.45. The number of hydrogen-bond donors (Lipinski definition) is 3. The Hall–Kier alpha value is -1.16. The Kier molecular flexibility index (Phi) is 3.83. The second-order valence-corrected chi connectivity index (χ2v) is 3.29. The first-order chi connectivity index (χ1) is 6.70. The van der Waals surface area contributed by atoms with Crippen LogP contribution in [0.5, 0.6) is 0 Å². The van der Waals surface area contributed by atoms with Gasteiger partial charge in [-0.15, -0.1) is 0 Å². The standard InChI is InChI=1S/C11H15NO2/c12-11(8-13,9-14)7-6-10-4-2-1-3-5-10/h1-7,13-14H,8-9,12H2. The van der Waals surface area contributed by atoms with E-state index in [2.05, 4.69) is 0 Å². The van der Waals surface area contributed by atoms with E-state index in [1.54, 1.807) is 12.2 Å². The molecule has 0 saturated carbocycles. The molecule has 1 aromatic rings. The van der Waals surface area contributed by atoms with Gasteiger partial charge in [0.1, 0.15) is 0 Å². The molecule has 0 aliphatic rings. The Morgan fingerprint density at radius 1 is 1.14 bits per heavy atom. The van der Waals surface area contributed by atoms with Gasteiger partial charge in [0.25, 0.3) is 0 Å².